The average molecular weight is 517 g/mol. The highest BCUT2D eigenvalue weighted by atomic mass is 35.5. The maximum atomic E-state index is 15.1. The van der Waals surface area contributed by atoms with Crippen molar-refractivity contribution in [1.29, 1.82) is 0 Å². The first-order valence-electron chi connectivity index (χ1n) is 10.5. The van der Waals surface area contributed by atoms with Crippen LogP contribution >= 0.6 is 11.6 Å². The Bertz CT molecular complexity index is 1530. The van der Waals surface area contributed by atoms with Crippen molar-refractivity contribution in [2.75, 3.05) is 16.3 Å². The molecule has 0 bridgehead atoms. The fourth-order valence-electron chi connectivity index (χ4n) is 4.33. The lowest BCUT2D eigenvalue weighted by molar-refractivity contribution is 0.0699. The second-order valence-electron chi connectivity index (χ2n) is 8.01. The Kier molecular flexibility index (Phi) is 5.61. The second kappa shape index (κ2) is 8.54. The molecule has 0 radical (unpaired) electrons. The summed E-state index contributed by atoms with van der Waals surface area (Å²) in [5.74, 6) is -1.93. The third-order valence-electron chi connectivity index (χ3n) is 5.91. The van der Waals surface area contributed by atoms with E-state index in [9.17, 15) is 28.6 Å². The molecule has 12 heteroatoms. The summed E-state index contributed by atoms with van der Waals surface area (Å²) in [6.07, 6.45) is -4.57. The van der Waals surface area contributed by atoms with Crippen LogP contribution in [0.2, 0.25) is 5.02 Å². The molecule has 1 unspecified atom stereocenters. The Balaban J connectivity index is 1.69. The number of alkyl halides is 2. The molecule has 0 saturated carbocycles. The van der Waals surface area contributed by atoms with Gasteiger partial charge in [-0.25, -0.2) is 27.8 Å². The standard InChI is InChI=1S/C24H16ClF3N4O4/c25-15-6-3-7-18(20(15)28)32-21(33)13-4-1-2-5-14(13)24(32,36)12-8-9-16-17(10-12)30-22(29-16)31(23(34)35)11-19(26)27/h1-10,19,36H,11H2,(H,29,30)(H,34,35). The van der Waals surface area contributed by atoms with Crippen molar-refractivity contribution in [1.82, 2.24) is 9.97 Å². The van der Waals surface area contributed by atoms with Gasteiger partial charge in [0.25, 0.3) is 12.3 Å². The highest BCUT2D eigenvalue weighted by Crippen LogP contribution is 2.46. The summed E-state index contributed by atoms with van der Waals surface area (Å²) >= 11 is 5.95. The van der Waals surface area contributed by atoms with Crippen LogP contribution in [0.5, 0.6) is 0 Å². The van der Waals surface area contributed by atoms with Gasteiger partial charge in [0.1, 0.15) is 0 Å². The smallest absolute Gasteiger partial charge is 0.414 e. The van der Waals surface area contributed by atoms with Crippen LogP contribution in [0.25, 0.3) is 11.0 Å². The molecule has 3 N–H and O–H groups in total. The van der Waals surface area contributed by atoms with Crippen LogP contribution in [0.15, 0.2) is 60.7 Å². The van der Waals surface area contributed by atoms with Crippen LogP contribution in [0, 0.1) is 5.82 Å². The van der Waals surface area contributed by atoms with Crippen LogP contribution in [-0.4, -0.2) is 45.2 Å². The molecule has 8 nitrogen and oxygen atoms in total. The number of carboxylic acid groups (broad SMARTS) is 1. The number of aromatic nitrogens is 2. The van der Waals surface area contributed by atoms with E-state index in [-0.39, 0.29) is 44.4 Å². The summed E-state index contributed by atoms with van der Waals surface area (Å²) in [7, 11) is 0. The van der Waals surface area contributed by atoms with Crippen LogP contribution in [-0.2, 0) is 5.72 Å². The number of imidazole rings is 1. The monoisotopic (exact) mass is 516 g/mol. The lowest BCUT2D eigenvalue weighted by atomic mass is 9.93. The van der Waals surface area contributed by atoms with E-state index >= 15 is 4.39 Å². The first-order chi connectivity index (χ1) is 17.1. The Morgan fingerprint density at radius 3 is 2.64 bits per heavy atom. The molecule has 1 atom stereocenters. The first-order valence-corrected chi connectivity index (χ1v) is 10.9. The maximum absolute atomic E-state index is 15.1. The molecule has 4 aromatic rings. The zero-order valence-electron chi connectivity index (χ0n) is 18.1. The topological polar surface area (TPSA) is 110 Å². The van der Waals surface area contributed by atoms with Crippen LogP contribution in [0.1, 0.15) is 21.5 Å². The Morgan fingerprint density at radius 2 is 1.92 bits per heavy atom. The van der Waals surface area contributed by atoms with Gasteiger partial charge in [-0.1, -0.05) is 41.9 Å². The van der Waals surface area contributed by atoms with Gasteiger partial charge in [-0.15, -0.1) is 0 Å². The Morgan fingerprint density at radius 1 is 1.17 bits per heavy atom. The summed E-state index contributed by atoms with van der Waals surface area (Å²) in [4.78, 5) is 32.8. The number of H-pyrrole nitrogens is 1. The predicted octanol–water partition coefficient (Wildman–Crippen LogP) is 4.96. The Labute approximate surface area is 206 Å². The molecule has 0 spiro atoms. The highest BCUT2D eigenvalue weighted by Gasteiger charge is 2.51. The number of carbonyl (C=O) groups excluding carboxylic acids is 1. The lowest BCUT2D eigenvalue weighted by Crippen LogP contribution is -2.45. The first kappa shape index (κ1) is 23.6. The number of halogens is 4. The van der Waals surface area contributed by atoms with Gasteiger partial charge in [0, 0.05) is 16.7 Å². The van der Waals surface area contributed by atoms with Gasteiger partial charge in [0.2, 0.25) is 5.95 Å². The van der Waals surface area contributed by atoms with Gasteiger partial charge in [-0.2, -0.15) is 0 Å². The molecular weight excluding hydrogens is 501 g/mol. The van der Waals surface area contributed by atoms with Gasteiger partial charge in [0.05, 0.1) is 28.3 Å². The molecule has 1 aliphatic heterocycles. The third kappa shape index (κ3) is 3.55. The SMILES string of the molecule is O=C(O)N(CC(F)F)c1nc2ccc(C3(O)c4ccccc4C(=O)N3c3cccc(Cl)c3F)cc2[nH]1. The molecule has 2 heterocycles. The predicted molar refractivity (Wildman–Crippen MR) is 125 cm³/mol. The summed E-state index contributed by atoms with van der Waals surface area (Å²) < 4.78 is 40.8. The second-order valence-corrected chi connectivity index (χ2v) is 8.42. The average Bonchev–Trinajstić information content (AvgIpc) is 3.36. The van der Waals surface area contributed by atoms with Gasteiger partial charge in [-0.3, -0.25) is 9.69 Å². The van der Waals surface area contributed by atoms with Crippen LogP contribution in [0.3, 0.4) is 0 Å². The van der Waals surface area contributed by atoms with Crippen molar-refractivity contribution >= 4 is 46.3 Å². The van der Waals surface area contributed by atoms with Crippen molar-refractivity contribution in [3.8, 4) is 0 Å². The Hall–Kier alpha value is -4.09. The number of nitrogens with one attached hydrogen (secondary N) is 1. The number of aromatic amines is 1. The number of nitrogens with zero attached hydrogens (tertiary/aromatic N) is 3. The van der Waals surface area contributed by atoms with Crippen molar-refractivity contribution in [2.45, 2.75) is 12.2 Å². The van der Waals surface area contributed by atoms with Crippen molar-refractivity contribution in [3.05, 3.63) is 88.2 Å². The van der Waals surface area contributed by atoms with E-state index in [1.807, 2.05) is 0 Å². The molecule has 3 aromatic carbocycles. The van der Waals surface area contributed by atoms with Gasteiger partial charge in [0.15, 0.2) is 11.5 Å². The molecule has 0 fully saturated rings. The molecule has 184 valence electrons. The highest BCUT2D eigenvalue weighted by molar-refractivity contribution is 6.31. The zero-order valence-corrected chi connectivity index (χ0v) is 18.9. The van der Waals surface area contributed by atoms with E-state index in [0.29, 0.717) is 4.90 Å². The van der Waals surface area contributed by atoms with Crippen molar-refractivity contribution < 1.29 is 33.0 Å². The number of hydrogen-bond donors (Lipinski definition) is 3. The van der Waals surface area contributed by atoms with Crippen LogP contribution in [0.4, 0.5) is 29.6 Å². The van der Waals surface area contributed by atoms with E-state index in [0.717, 1.165) is 4.90 Å². The number of anilines is 2. The minimum Gasteiger partial charge on any atom is -0.465 e. The number of benzene rings is 3. The number of rotatable bonds is 5. The molecule has 1 aromatic heterocycles. The van der Waals surface area contributed by atoms with E-state index in [1.165, 1.54) is 48.5 Å². The number of aliphatic hydroxyl groups is 1. The summed E-state index contributed by atoms with van der Waals surface area (Å²) in [6.45, 7) is -1.10. The minimum atomic E-state index is -2.94. The summed E-state index contributed by atoms with van der Waals surface area (Å²) in [5, 5.41) is 21.1. The maximum Gasteiger partial charge on any atom is 0.414 e. The van der Waals surface area contributed by atoms with E-state index in [2.05, 4.69) is 9.97 Å². The molecule has 36 heavy (non-hydrogen) atoms. The van der Waals surface area contributed by atoms with Gasteiger partial charge in [-0.05, 0) is 30.3 Å². The number of hydrogen-bond acceptors (Lipinski definition) is 4. The summed E-state index contributed by atoms with van der Waals surface area (Å²) in [5.41, 5.74) is -1.61. The van der Waals surface area contributed by atoms with E-state index in [1.54, 1.807) is 12.1 Å². The van der Waals surface area contributed by atoms with E-state index in [4.69, 9.17) is 11.6 Å². The molecule has 0 aliphatic carbocycles. The van der Waals surface area contributed by atoms with Crippen molar-refractivity contribution in [2.24, 2.45) is 0 Å². The fraction of sp³-hybridized carbons (Fsp3) is 0.125. The summed E-state index contributed by atoms with van der Waals surface area (Å²) in [6, 6.07) is 14.5. The van der Waals surface area contributed by atoms with Crippen LogP contribution < -0.4 is 9.80 Å². The molecule has 2 amide bonds. The third-order valence-corrected chi connectivity index (χ3v) is 6.20. The lowest BCUT2D eigenvalue weighted by Gasteiger charge is -2.35. The normalized spacial score (nSPS) is 17.2. The number of carbonyl (C=O) groups is 2. The quantitative estimate of drug-likeness (QED) is 0.347. The number of amides is 2. The largest absolute Gasteiger partial charge is 0.465 e. The van der Waals surface area contributed by atoms with Crippen molar-refractivity contribution in [3.63, 3.8) is 0 Å². The molecular formula is C24H16ClF3N4O4. The molecule has 1 aliphatic rings. The fourth-order valence-corrected chi connectivity index (χ4v) is 4.50. The van der Waals surface area contributed by atoms with Gasteiger partial charge < -0.3 is 15.2 Å². The number of fused-ring (bicyclic) bond motifs is 2. The minimum absolute atomic E-state index is 0.110. The zero-order chi connectivity index (χ0) is 25.8. The molecule has 0 saturated heterocycles. The molecule has 5 rings (SSSR count). The van der Waals surface area contributed by atoms with Gasteiger partial charge >= 0.3 is 6.09 Å². The van der Waals surface area contributed by atoms with E-state index < -0.39 is 36.5 Å².